The van der Waals surface area contributed by atoms with Crippen LogP contribution >= 0.6 is 12.4 Å². The number of nitrogens with two attached hydrogens (primary N) is 1. The highest BCUT2D eigenvalue weighted by Gasteiger charge is 2.53. The van der Waals surface area contributed by atoms with Crippen molar-refractivity contribution < 1.29 is 4.79 Å². The van der Waals surface area contributed by atoms with Gasteiger partial charge in [0.2, 0.25) is 5.91 Å². The second-order valence-electron chi connectivity index (χ2n) is 6.41. The summed E-state index contributed by atoms with van der Waals surface area (Å²) in [7, 11) is 0. The Balaban J connectivity index is 0.00000120. The number of likely N-dealkylation sites (tertiary alicyclic amines) is 1. The molecule has 3 nitrogen and oxygen atoms in total. The smallest absolute Gasteiger partial charge is 0.228 e. The maximum absolute atomic E-state index is 12.5. The second-order valence-corrected chi connectivity index (χ2v) is 6.41. The summed E-state index contributed by atoms with van der Waals surface area (Å²) in [4.78, 5) is 14.7. The zero-order valence-corrected chi connectivity index (χ0v) is 12.0. The van der Waals surface area contributed by atoms with E-state index < -0.39 is 0 Å². The van der Waals surface area contributed by atoms with Crippen LogP contribution in [0, 0.1) is 17.3 Å². The molecule has 18 heavy (non-hydrogen) atoms. The number of hydrogen-bond acceptors (Lipinski definition) is 2. The summed E-state index contributed by atoms with van der Waals surface area (Å²) in [5.74, 6) is 1.74. The van der Waals surface area contributed by atoms with Crippen molar-refractivity contribution in [3.8, 4) is 0 Å². The first-order valence-corrected chi connectivity index (χ1v) is 7.21. The molecular formula is C14H25ClN2O. The fraction of sp³-hybridized carbons (Fsp3) is 0.929. The van der Waals surface area contributed by atoms with Gasteiger partial charge in [0.25, 0.3) is 0 Å². The van der Waals surface area contributed by atoms with E-state index in [9.17, 15) is 4.79 Å². The molecule has 1 amide bonds. The quantitative estimate of drug-likeness (QED) is 0.856. The van der Waals surface area contributed by atoms with Crippen LogP contribution < -0.4 is 5.73 Å². The van der Waals surface area contributed by atoms with E-state index in [0.29, 0.717) is 23.8 Å². The molecule has 0 aromatic rings. The molecule has 3 unspecified atom stereocenters. The minimum atomic E-state index is 0. The third kappa shape index (κ3) is 2.16. The maximum atomic E-state index is 12.5. The highest BCUT2D eigenvalue weighted by Crippen LogP contribution is 2.52. The van der Waals surface area contributed by atoms with Crippen LogP contribution in [0.2, 0.25) is 0 Å². The lowest BCUT2D eigenvalue weighted by Gasteiger charge is -2.24. The van der Waals surface area contributed by atoms with Crippen molar-refractivity contribution in [2.45, 2.75) is 51.5 Å². The minimum absolute atomic E-state index is 0. The molecule has 2 aliphatic carbocycles. The molecule has 104 valence electrons. The van der Waals surface area contributed by atoms with E-state index in [1.807, 2.05) is 0 Å². The molecule has 3 aliphatic rings. The van der Waals surface area contributed by atoms with Gasteiger partial charge in [-0.25, -0.2) is 0 Å². The number of hydrogen-bond donors (Lipinski definition) is 1. The maximum Gasteiger partial charge on any atom is 0.228 e. The average Bonchev–Trinajstić information content (AvgIpc) is 2.85. The van der Waals surface area contributed by atoms with Crippen LogP contribution in [0.3, 0.4) is 0 Å². The predicted molar refractivity (Wildman–Crippen MR) is 74.6 cm³/mol. The summed E-state index contributed by atoms with van der Waals surface area (Å²) in [5, 5.41) is 0. The van der Waals surface area contributed by atoms with E-state index >= 15 is 0 Å². The lowest BCUT2D eigenvalue weighted by atomic mass is 9.98. The molecule has 1 saturated heterocycles. The van der Waals surface area contributed by atoms with Gasteiger partial charge in [-0.2, -0.15) is 0 Å². The number of rotatable bonds is 3. The number of fused-ring (bicyclic) bond motifs is 1. The Morgan fingerprint density at radius 3 is 2.61 bits per heavy atom. The standard InChI is InChI=1S/C14H24N2O.ClH/c1-2-5-14(6-7-14)13(17)16-8-10-3-4-12(15)11(10)9-16;/h10-12H,2-9,15H2,1H3;1H. The van der Waals surface area contributed by atoms with Crippen molar-refractivity contribution in [2.24, 2.45) is 23.0 Å². The van der Waals surface area contributed by atoms with E-state index in [2.05, 4.69) is 11.8 Å². The molecule has 0 spiro atoms. The summed E-state index contributed by atoms with van der Waals surface area (Å²) < 4.78 is 0. The first kappa shape index (κ1) is 14.1. The summed E-state index contributed by atoms with van der Waals surface area (Å²) >= 11 is 0. The van der Waals surface area contributed by atoms with Crippen LogP contribution in [-0.2, 0) is 4.79 Å². The van der Waals surface area contributed by atoms with Crippen molar-refractivity contribution in [2.75, 3.05) is 13.1 Å². The van der Waals surface area contributed by atoms with Gasteiger partial charge in [-0.3, -0.25) is 4.79 Å². The van der Waals surface area contributed by atoms with Gasteiger partial charge in [-0.15, -0.1) is 12.4 Å². The summed E-state index contributed by atoms with van der Waals surface area (Å²) in [5.41, 5.74) is 6.18. The Kier molecular flexibility index (Phi) is 3.93. The Hall–Kier alpha value is -0.280. The van der Waals surface area contributed by atoms with Crippen LogP contribution in [0.1, 0.15) is 45.4 Å². The van der Waals surface area contributed by atoms with Crippen LogP contribution in [-0.4, -0.2) is 29.9 Å². The zero-order valence-electron chi connectivity index (χ0n) is 11.2. The number of amides is 1. The van der Waals surface area contributed by atoms with E-state index in [1.165, 1.54) is 6.42 Å². The largest absolute Gasteiger partial charge is 0.342 e. The lowest BCUT2D eigenvalue weighted by molar-refractivity contribution is -0.136. The van der Waals surface area contributed by atoms with Crippen molar-refractivity contribution in [1.29, 1.82) is 0 Å². The van der Waals surface area contributed by atoms with Gasteiger partial charge in [0.15, 0.2) is 0 Å². The first-order chi connectivity index (χ1) is 8.16. The van der Waals surface area contributed by atoms with Gasteiger partial charge in [0.05, 0.1) is 0 Å². The molecule has 2 N–H and O–H groups in total. The normalized spacial score (nSPS) is 36.1. The monoisotopic (exact) mass is 272 g/mol. The van der Waals surface area contributed by atoms with Gasteiger partial charge < -0.3 is 10.6 Å². The van der Waals surface area contributed by atoms with Crippen LogP contribution in [0.4, 0.5) is 0 Å². The molecule has 2 saturated carbocycles. The van der Waals surface area contributed by atoms with Crippen molar-refractivity contribution in [3.05, 3.63) is 0 Å². The predicted octanol–water partition coefficient (Wildman–Crippen LogP) is 2.18. The van der Waals surface area contributed by atoms with E-state index in [4.69, 9.17) is 5.73 Å². The van der Waals surface area contributed by atoms with Crippen molar-refractivity contribution in [1.82, 2.24) is 4.90 Å². The number of nitrogens with zero attached hydrogens (tertiary/aromatic N) is 1. The van der Waals surface area contributed by atoms with Gasteiger partial charge in [0.1, 0.15) is 0 Å². The Bertz CT molecular complexity index is 330. The molecule has 3 atom stereocenters. The molecule has 0 bridgehead atoms. The van der Waals surface area contributed by atoms with E-state index in [-0.39, 0.29) is 17.8 Å². The summed E-state index contributed by atoms with van der Waals surface area (Å²) in [6, 6.07) is 0.346. The molecule has 1 aliphatic heterocycles. The van der Waals surface area contributed by atoms with Crippen molar-refractivity contribution in [3.63, 3.8) is 0 Å². The fourth-order valence-corrected chi connectivity index (χ4v) is 4.01. The number of carbonyl (C=O) groups excluding carboxylic acids is 1. The van der Waals surface area contributed by atoms with Crippen LogP contribution in [0.25, 0.3) is 0 Å². The Morgan fingerprint density at radius 1 is 1.33 bits per heavy atom. The van der Waals surface area contributed by atoms with Gasteiger partial charge in [0, 0.05) is 24.5 Å². The topological polar surface area (TPSA) is 46.3 Å². The lowest BCUT2D eigenvalue weighted by Crippen LogP contribution is -2.38. The highest BCUT2D eigenvalue weighted by molar-refractivity contribution is 5.86. The van der Waals surface area contributed by atoms with Crippen LogP contribution in [0.5, 0.6) is 0 Å². The van der Waals surface area contributed by atoms with Gasteiger partial charge >= 0.3 is 0 Å². The molecule has 3 rings (SSSR count). The Morgan fingerprint density at radius 2 is 2.06 bits per heavy atom. The van der Waals surface area contributed by atoms with Crippen molar-refractivity contribution >= 4 is 18.3 Å². The molecule has 0 aromatic carbocycles. The van der Waals surface area contributed by atoms with Crippen LogP contribution in [0.15, 0.2) is 0 Å². The molecule has 0 radical (unpaired) electrons. The minimum Gasteiger partial charge on any atom is -0.342 e. The highest BCUT2D eigenvalue weighted by atomic mass is 35.5. The molecule has 1 heterocycles. The third-order valence-electron chi connectivity index (χ3n) is 5.24. The molecule has 0 aromatic heterocycles. The summed E-state index contributed by atoms with van der Waals surface area (Å²) in [6.45, 7) is 4.11. The zero-order chi connectivity index (χ0) is 12.0. The second kappa shape index (κ2) is 5.01. The van der Waals surface area contributed by atoms with Gasteiger partial charge in [-0.1, -0.05) is 13.3 Å². The summed E-state index contributed by atoms with van der Waals surface area (Å²) in [6.07, 6.45) is 6.86. The average molecular weight is 273 g/mol. The van der Waals surface area contributed by atoms with E-state index in [1.54, 1.807) is 0 Å². The Labute approximate surface area is 116 Å². The fourth-order valence-electron chi connectivity index (χ4n) is 4.01. The third-order valence-corrected chi connectivity index (χ3v) is 5.24. The SMILES string of the molecule is CCCC1(C(=O)N2CC3CCC(N)C3C2)CC1.Cl. The number of carbonyl (C=O) groups is 1. The van der Waals surface area contributed by atoms with E-state index in [0.717, 1.165) is 45.2 Å². The molecule has 3 fully saturated rings. The number of halogens is 1. The molecule has 4 heteroatoms. The molecular weight excluding hydrogens is 248 g/mol. The first-order valence-electron chi connectivity index (χ1n) is 7.21. The van der Waals surface area contributed by atoms with Gasteiger partial charge in [-0.05, 0) is 43.9 Å².